The third-order valence-electron chi connectivity index (χ3n) is 2.40. The highest BCUT2D eigenvalue weighted by atomic mass is 32.2. The number of carboxylic acid groups (broad SMARTS) is 1. The summed E-state index contributed by atoms with van der Waals surface area (Å²) in [5, 5.41) is 8.52. The maximum absolute atomic E-state index is 11.9. The molecule has 0 spiro atoms. The second kappa shape index (κ2) is 5.11. The predicted octanol–water partition coefficient (Wildman–Crippen LogP) is -0.0205. The van der Waals surface area contributed by atoms with Gasteiger partial charge in [-0.05, 0) is 5.92 Å². The van der Waals surface area contributed by atoms with Gasteiger partial charge in [-0.25, -0.2) is 0 Å². The molecule has 7 heteroatoms. The number of carboxylic acids is 1. The van der Waals surface area contributed by atoms with Crippen LogP contribution >= 0.6 is 0 Å². The third-order valence-corrected chi connectivity index (χ3v) is 4.40. The standard InChI is InChI=1S/C9H18N2O4S/c1-8(2)7-11-6-5-10(16(11,14)15)4-3-9(12)13/h8H,3-7H2,1-2H3,(H,12,13). The summed E-state index contributed by atoms with van der Waals surface area (Å²) >= 11 is 0. The molecule has 0 aromatic heterocycles. The molecule has 0 unspecified atom stereocenters. The largest absolute Gasteiger partial charge is 0.481 e. The van der Waals surface area contributed by atoms with Gasteiger partial charge in [-0.3, -0.25) is 4.79 Å². The van der Waals surface area contributed by atoms with Gasteiger partial charge in [-0.2, -0.15) is 17.0 Å². The minimum absolute atomic E-state index is 0.0618. The highest BCUT2D eigenvalue weighted by Crippen LogP contribution is 2.17. The van der Waals surface area contributed by atoms with Gasteiger partial charge in [0.25, 0.3) is 10.2 Å². The Morgan fingerprint density at radius 3 is 2.38 bits per heavy atom. The summed E-state index contributed by atoms with van der Waals surface area (Å²) in [7, 11) is -3.42. The topological polar surface area (TPSA) is 77.9 Å². The van der Waals surface area contributed by atoms with Crippen LogP contribution in [-0.2, 0) is 15.0 Å². The summed E-state index contributed by atoms with van der Waals surface area (Å²) in [6, 6.07) is 0. The van der Waals surface area contributed by atoms with Crippen molar-refractivity contribution in [3.63, 3.8) is 0 Å². The van der Waals surface area contributed by atoms with Crippen LogP contribution in [0.1, 0.15) is 20.3 Å². The van der Waals surface area contributed by atoms with Gasteiger partial charge >= 0.3 is 5.97 Å². The molecule has 0 atom stereocenters. The Bertz CT molecular complexity index is 353. The highest BCUT2D eigenvalue weighted by molar-refractivity contribution is 7.87. The fourth-order valence-electron chi connectivity index (χ4n) is 1.66. The zero-order chi connectivity index (χ0) is 12.3. The van der Waals surface area contributed by atoms with Crippen LogP contribution in [-0.4, -0.2) is 54.3 Å². The molecule has 0 aromatic carbocycles. The van der Waals surface area contributed by atoms with Crippen molar-refractivity contribution >= 4 is 16.2 Å². The molecule has 1 aliphatic heterocycles. The molecular formula is C9H18N2O4S. The maximum atomic E-state index is 11.9. The van der Waals surface area contributed by atoms with Crippen LogP contribution < -0.4 is 0 Å². The van der Waals surface area contributed by atoms with E-state index < -0.39 is 16.2 Å². The lowest BCUT2D eigenvalue weighted by Crippen LogP contribution is -2.36. The van der Waals surface area contributed by atoms with Crippen LogP contribution in [0.5, 0.6) is 0 Å². The Morgan fingerprint density at radius 2 is 1.88 bits per heavy atom. The van der Waals surface area contributed by atoms with Crippen molar-refractivity contribution in [1.29, 1.82) is 0 Å². The SMILES string of the molecule is CC(C)CN1CCN(CCC(=O)O)S1(=O)=O. The summed E-state index contributed by atoms with van der Waals surface area (Å²) in [5.41, 5.74) is 0. The third kappa shape index (κ3) is 3.16. The molecule has 0 saturated carbocycles. The highest BCUT2D eigenvalue weighted by Gasteiger charge is 2.36. The van der Waals surface area contributed by atoms with Gasteiger partial charge in [0.15, 0.2) is 0 Å². The van der Waals surface area contributed by atoms with E-state index in [1.165, 1.54) is 8.61 Å². The second-order valence-corrected chi connectivity index (χ2v) is 6.23. The first-order chi connectivity index (χ1) is 7.34. The quantitative estimate of drug-likeness (QED) is 0.744. The molecule has 94 valence electrons. The van der Waals surface area contributed by atoms with Gasteiger partial charge in [0.1, 0.15) is 0 Å². The monoisotopic (exact) mass is 250 g/mol. The van der Waals surface area contributed by atoms with Gasteiger partial charge < -0.3 is 5.11 Å². The fourth-order valence-corrected chi connectivity index (χ4v) is 3.42. The minimum Gasteiger partial charge on any atom is -0.481 e. The molecule has 1 aliphatic rings. The number of nitrogens with zero attached hydrogens (tertiary/aromatic N) is 2. The Hall–Kier alpha value is -0.660. The van der Waals surface area contributed by atoms with E-state index in [1.807, 2.05) is 13.8 Å². The Labute approximate surface area is 96.0 Å². The molecule has 1 rings (SSSR count). The second-order valence-electron chi connectivity index (χ2n) is 4.30. The van der Waals surface area contributed by atoms with Gasteiger partial charge in [-0.1, -0.05) is 13.8 Å². The van der Waals surface area contributed by atoms with Crippen molar-refractivity contribution in [3.8, 4) is 0 Å². The molecule has 0 aliphatic carbocycles. The van der Waals surface area contributed by atoms with Crippen molar-refractivity contribution in [2.75, 3.05) is 26.2 Å². The lowest BCUT2D eigenvalue weighted by atomic mass is 10.2. The summed E-state index contributed by atoms with van der Waals surface area (Å²) in [6.07, 6.45) is -0.144. The number of carbonyl (C=O) groups is 1. The lowest BCUT2D eigenvalue weighted by Gasteiger charge is -2.19. The Morgan fingerprint density at radius 1 is 1.31 bits per heavy atom. The first-order valence-corrected chi connectivity index (χ1v) is 6.70. The van der Waals surface area contributed by atoms with Crippen LogP contribution in [0.2, 0.25) is 0 Å². The lowest BCUT2D eigenvalue weighted by molar-refractivity contribution is -0.137. The molecule has 0 radical (unpaired) electrons. The van der Waals surface area contributed by atoms with Crippen LogP contribution in [0.4, 0.5) is 0 Å². The van der Waals surface area contributed by atoms with E-state index in [1.54, 1.807) is 0 Å². The molecule has 1 heterocycles. The molecule has 0 aromatic rings. The summed E-state index contributed by atoms with van der Waals surface area (Å²) in [6.45, 7) is 5.31. The van der Waals surface area contributed by atoms with Gasteiger partial charge in [0.05, 0.1) is 6.42 Å². The number of aliphatic carboxylic acids is 1. The average Bonchev–Trinajstić information content (AvgIpc) is 2.39. The van der Waals surface area contributed by atoms with Crippen molar-refractivity contribution in [2.45, 2.75) is 20.3 Å². The van der Waals surface area contributed by atoms with E-state index in [0.29, 0.717) is 19.6 Å². The van der Waals surface area contributed by atoms with Gasteiger partial charge in [0.2, 0.25) is 0 Å². The first-order valence-electron chi connectivity index (χ1n) is 5.31. The molecular weight excluding hydrogens is 232 g/mol. The van der Waals surface area contributed by atoms with Gasteiger partial charge in [0, 0.05) is 26.2 Å². The maximum Gasteiger partial charge on any atom is 0.304 e. The summed E-state index contributed by atoms with van der Waals surface area (Å²) < 4.78 is 26.5. The Kier molecular flexibility index (Phi) is 4.28. The summed E-state index contributed by atoms with van der Waals surface area (Å²) in [5.74, 6) is -0.702. The molecule has 1 saturated heterocycles. The fraction of sp³-hybridized carbons (Fsp3) is 0.889. The van der Waals surface area contributed by atoms with Crippen LogP contribution in [0.3, 0.4) is 0 Å². The van der Waals surface area contributed by atoms with E-state index in [2.05, 4.69) is 0 Å². The van der Waals surface area contributed by atoms with Gasteiger partial charge in [-0.15, -0.1) is 0 Å². The van der Waals surface area contributed by atoms with E-state index in [9.17, 15) is 13.2 Å². The molecule has 0 bridgehead atoms. The summed E-state index contributed by atoms with van der Waals surface area (Å²) in [4.78, 5) is 10.4. The van der Waals surface area contributed by atoms with E-state index >= 15 is 0 Å². The van der Waals surface area contributed by atoms with Crippen LogP contribution in [0, 0.1) is 5.92 Å². The molecule has 1 N–H and O–H groups in total. The van der Waals surface area contributed by atoms with Crippen LogP contribution in [0.15, 0.2) is 0 Å². The van der Waals surface area contributed by atoms with E-state index in [-0.39, 0.29) is 18.9 Å². The number of hydrogen-bond acceptors (Lipinski definition) is 3. The first kappa shape index (κ1) is 13.4. The minimum atomic E-state index is -3.42. The average molecular weight is 250 g/mol. The Balaban J connectivity index is 2.61. The zero-order valence-corrected chi connectivity index (χ0v) is 10.4. The van der Waals surface area contributed by atoms with Crippen molar-refractivity contribution < 1.29 is 18.3 Å². The molecule has 0 amide bonds. The van der Waals surface area contributed by atoms with Crippen molar-refractivity contribution in [1.82, 2.24) is 8.61 Å². The predicted molar refractivity (Wildman–Crippen MR) is 59.2 cm³/mol. The number of hydrogen-bond donors (Lipinski definition) is 1. The normalized spacial score (nSPS) is 21.7. The van der Waals surface area contributed by atoms with Crippen LogP contribution in [0.25, 0.3) is 0 Å². The number of rotatable bonds is 5. The molecule has 16 heavy (non-hydrogen) atoms. The van der Waals surface area contributed by atoms with Crippen molar-refractivity contribution in [2.24, 2.45) is 5.92 Å². The van der Waals surface area contributed by atoms with E-state index in [4.69, 9.17) is 5.11 Å². The zero-order valence-electron chi connectivity index (χ0n) is 9.59. The molecule has 1 fully saturated rings. The van der Waals surface area contributed by atoms with Crippen molar-refractivity contribution in [3.05, 3.63) is 0 Å². The molecule has 6 nitrogen and oxygen atoms in total. The smallest absolute Gasteiger partial charge is 0.304 e. The van der Waals surface area contributed by atoms with E-state index in [0.717, 1.165) is 0 Å².